The number of nitrogens with one attached hydrogen (secondary N) is 2. The zero-order valence-corrected chi connectivity index (χ0v) is 18.3. The second-order valence-corrected chi connectivity index (χ2v) is 8.17. The van der Waals surface area contributed by atoms with Crippen molar-refractivity contribution in [1.29, 1.82) is 0 Å². The van der Waals surface area contributed by atoms with Gasteiger partial charge < -0.3 is 20.4 Å². The number of nitrogens with zero attached hydrogens (tertiary/aromatic N) is 3. The Morgan fingerprint density at radius 1 is 1.14 bits per heavy atom. The van der Waals surface area contributed by atoms with Crippen LogP contribution in [0.25, 0.3) is 0 Å². The summed E-state index contributed by atoms with van der Waals surface area (Å²) >= 11 is 0. The van der Waals surface area contributed by atoms with Crippen LogP contribution in [0, 0.1) is 11.2 Å². The molecule has 0 radical (unpaired) electrons. The van der Waals surface area contributed by atoms with Crippen LogP contribution in [0.2, 0.25) is 0 Å². The molecule has 7 heteroatoms. The van der Waals surface area contributed by atoms with E-state index < -0.39 is 0 Å². The van der Waals surface area contributed by atoms with Gasteiger partial charge in [0.1, 0.15) is 5.82 Å². The minimum absolute atomic E-state index is 0.189. The van der Waals surface area contributed by atoms with Gasteiger partial charge >= 0.3 is 0 Å². The minimum Gasteiger partial charge on any atom is -0.357 e. The second-order valence-electron chi connectivity index (χ2n) is 8.17. The predicted octanol–water partition coefficient (Wildman–Crippen LogP) is 2.46. The molecular formula is C22H36FN5O. The summed E-state index contributed by atoms with van der Waals surface area (Å²) in [5.41, 5.74) is 0.727. The normalized spacial score (nSPS) is 16.1. The number of halogens is 1. The van der Waals surface area contributed by atoms with E-state index in [4.69, 9.17) is 4.99 Å². The molecule has 2 N–H and O–H groups in total. The van der Waals surface area contributed by atoms with Crippen LogP contribution in [0.4, 0.5) is 4.39 Å². The van der Waals surface area contributed by atoms with Gasteiger partial charge in [-0.25, -0.2) is 4.39 Å². The molecular weight excluding hydrogens is 369 g/mol. The van der Waals surface area contributed by atoms with Crippen molar-refractivity contribution in [2.45, 2.75) is 39.2 Å². The van der Waals surface area contributed by atoms with Gasteiger partial charge in [-0.15, -0.1) is 0 Å². The monoisotopic (exact) mass is 405 g/mol. The third-order valence-corrected chi connectivity index (χ3v) is 5.46. The number of rotatable bonds is 9. The molecule has 29 heavy (non-hydrogen) atoms. The number of benzene rings is 1. The topological polar surface area (TPSA) is 60.0 Å². The van der Waals surface area contributed by atoms with Crippen molar-refractivity contribution >= 4 is 11.9 Å². The Hall–Kier alpha value is -2.15. The van der Waals surface area contributed by atoms with Gasteiger partial charge in [0.15, 0.2) is 5.96 Å². The standard InChI is InChI=1S/C22H36FN5O/c1-5-24-21(26-17-22(12-6-7-13-22)20(29)27(2)3)25-14-15-28(4)16-18-8-10-19(23)11-9-18/h8-11H,5-7,12-17H2,1-4H3,(H2,24,25,26). The Morgan fingerprint density at radius 2 is 1.79 bits per heavy atom. The lowest BCUT2D eigenvalue weighted by Crippen LogP contribution is -2.44. The summed E-state index contributed by atoms with van der Waals surface area (Å²) in [4.78, 5) is 21.3. The fourth-order valence-corrected chi connectivity index (χ4v) is 3.88. The van der Waals surface area contributed by atoms with E-state index in [0.29, 0.717) is 6.54 Å². The molecule has 1 aliphatic carbocycles. The number of amides is 1. The number of carbonyl (C=O) groups is 1. The number of guanidine groups is 1. The Labute approximate surface area is 174 Å². The maximum atomic E-state index is 13.0. The van der Waals surface area contributed by atoms with Crippen molar-refractivity contribution in [3.05, 3.63) is 35.6 Å². The summed E-state index contributed by atoms with van der Waals surface area (Å²) in [6.07, 6.45) is 4.00. The quantitative estimate of drug-likeness (QED) is 0.489. The summed E-state index contributed by atoms with van der Waals surface area (Å²) in [5.74, 6) is 0.728. The first-order chi connectivity index (χ1) is 13.9. The molecule has 1 aromatic carbocycles. The van der Waals surface area contributed by atoms with Crippen LogP contribution in [0.5, 0.6) is 0 Å². The van der Waals surface area contributed by atoms with Gasteiger partial charge in [-0.3, -0.25) is 9.79 Å². The molecule has 2 rings (SSSR count). The largest absolute Gasteiger partial charge is 0.357 e. The van der Waals surface area contributed by atoms with Gasteiger partial charge in [0, 0.05) is 40.3 Å². The van der Waals surface area contributed by atoms with Crippen LogP contribution in [0.3, 0.4) is 0 Å². The Kier molecular flexibility index (Phi) is 8.89. The van der Waals surface area contributed by atoms with E-state index in [1.807, 2.05) is 40.2 Å². The molecule has 1 saturated carbocycles. The van der Waals surface area contributed by atoms with Crippen LogP contribution in [-0.2, 0) is 11.3 Å². The van der Waals surface area contributed by atoms with Gasteiger partial charge in [-0.1, -0.05) is 25.0 Å². The summed E-state index contributed by atoms with van der Waals surface area (Å²) in [7, 11) is 5.69. The van der Waals surface area contributed by atoms with Crippen molar-refractivity contribution in [2.75, 3.05) is 47.3 Å². The lowest BCUT2D eigenvalue weighted by Gasteiger charge is -2.29. The molecule has 1 aliphatic rings. The maximum absolute atomic E-state index is 13.0. The van der Waals surface area contributed by atoms with E-state index >= 15 is 0 Å². The van der Waals surface area contributed by atoms with Gasteiger partial charge in [0.25, 0.3) is 0 Å². The Morgan fingerprint density at radius 3 is 2.38 bits per heavy atom. The first-order valence-corrected chi connectivity index (χ1v) is 10.5. The van der Waals surface area contributed by atoms with Crippen molar-refractivity contribution in [3.63, 3.8) is 0 Å². The summed E-state index contributed by atoms with van der Waals surface area (Å²) in [6, 6.07) is 6.61. The van der Waals surface area contributed by atoms with E-state index in [2.05, 4.69) is 15.5 Å². The van der Waals surface area contributed by atoms with Gasteiger partial charge in [-0.05, 0) is 44.5 Å². The molecule has 6 nitrogen and oxygen atoms in total. The fourth-order valence-electron chi connectivity index (χ4n) is 3.88. The number of hydrogen-bond acceptors (Lipinski definition) is 3. The number of aliphatic imine (C=N–C) groups is 1. The average Bonchev–Trinajstić information content (AvgIpc) is 3.17. The molecule has 0 saturated heterocycles. The summed E-state index contributed by atoms with van der Waals surface area (Å²) < 4.78 is 13.0. The molecule has 0 spiro atoms. The highest BCUT2D eigenvalue weighted by Gasteiger charge is 2.42. The molecule has 1 aromatic rings. The van der Waals surface area contributed by atoms with Crippen molar-refractivity contribution in [2.24, 2.45) is 10.4 Å². The Balaban J connectivity index is 1.88. The summed E-state index contributed by atoms with van der Waals surface area (Å²) in [5, 5.41) is 6.64. The maximum Gasteiger partial charge on any atom is 0.230 e. The lowest BCUT2D eigenvalue weighted by molar-refractivity contribution is -0.138. The molecule has 0 heterocycles. The summed E-state index contributed by atoms with van der Waals surface area (Å²) in [6.45, 7) is 5.64. The molecule has 0 bridgehead atoms. The van der Waals surface area contributed by atoms with Crippen molar-refractivity contribution in [1.82, 2.24) is 20.4 Å². The third-order valence-electron chi connectivity index (χ3n) is 5.46. The molecule has 0 unspecified atom stereocenters. The van der Waals surface area contributed by atoms with Crippen LogP contribution >= 0.6 is 0 Å². The molecule has 0 aliphatic heterocycles. The van der Waals surface area contributed by atoms with E-state index in [9.17, 15) is 9.18 Å². The third kappa shape index (κ3) is 6.99. The van der Waals surface area contributed by atoms with E-state index in [1.54, 1.807) is 4.90 Å². The molecule has 1 fully saturated rings. The number of likely N-dealkylation sites (N-methyl/N-ethyl adjacent to an activating group) is 1. The highest BCUT2D eigenvalue weighted by molar-refractivity contribution is 5.84. The van der Waals surface area contributed by atoms with Crippen LogP contribution < -0.4 is 10.6 Å². The molecule has 0 atom stereocenters. The van der Waals surface area contributed by atoms with E-state index in [1.165, 1.54) is 12.1 Å². The van der Waals surface area contributed by atoms with Gasteiger partial charge in [-0.2, -0.15) is 0 Å². The van der Waals surface area contributed by atoms with Crippen LogP contribution in [-0.4, -0.2) is 69.0 Å². The predicted molar refractivity (Wildman–Crippen MR) is 116 cm³/mol. The molecule has 1 amide bonds. The van der Waals surface area contributed by atoms with Gasteiger partial charge in [0.05, 0.1) is 12.0 Å². The van der Waals surface area contributed by atoms with E-state index in [-0.39, 0.29) is 17.1 Å². The zero-order valence-electron chi connectivity index (χ0n) is 18.3. The SMILES string of the molecule is CCNC(=NCC1(C(=O)N(C)C)CCCC1)NCCN(C)Cc1ccc(F)cc1. The first-order valence-electron chi connectivity index (χ1n) is 10.5. The smallest absolute Gasteiger partial charge is 0.230 e. The molecule has 0 aromatic heterocycles. The van der Waals surface area contributed by atoms with Crippen molar-refractivity contribution in [3.8, 4) is 0 Å². The molecule has 162 valence electrons. The second kappa shape index (κ2) is 11.1. The fraction of sp³-hybridized carbons (Fsp3) is 0.636. The lowest BCUT2D eigenvalue weighted by atomic mass is 9.85. The van der Waals surface area contributed by atoms with Gasteiger partial charge in [0.2, 0.25) is 5.91 Å². The minimum atomic E-state index is -0.356. The van der Waals surface area contributed by atoms with Crippen molar-refractivity contribution < 1.29 is 9.18 Å². The van der Waals surface area contributed by atoms with E-state index in [0.717, 1.165) is 63.4 Å². The Bertz CT molecular complexity index is 668. The van der Waals surface area contributed by atoms with Crippen LogP contribution in [0.15, 0.2) is 29.3 Å². The van der Waals surface area contributed by atoms with Crippen LogP contribution in [0.1, 0.15) is 38.2 Å². The highest BCUT2D eigenvalue weighted by Crippen LogP contribution is 2.39. The number of carbonyl (C=O) groups excluding carboxylic acids is 1. The first kappa shape index (κ1) is 23.1. The highest BCUT2D eigenvalue weighted by atomic mass is 19.1. The zero-order chi connectivity index (χ0) is 21.3. The average molecular weight is 406 g/mol. The number of hydrogen-bond donors (Lipinski definition) is 2.